The van der Waals surface area contributed by atoms with Gasteiger partial charge in [-0.25, -0.2) is 0 Å². The Morgan fingerprint density at radius 3 is 2.85 bits per heavy atom. The monoisotopic (exact) mass is 408 g/mol. The minimum absolute atomic E-state index is 0.0359. The summed E-state index contributed by atoms with van der Waals surface area (Å²) in [7, 11) is 0. The number of carbonyl (C=O) groups excluding carboxylic acids is 1. The lowest BCUT2D eigenvalue weighted by Crippen LogP contribution is -2.41. The molecule has 1 aliphatic heterocycles. The van der Waals surface area contributed by atoms with E-state index in [4.69, 9.17) is 23.2 Å². The normalized spacial score (nSPS) is 17.0. The van der Waals surface area contributed by atoms with Crippen molar-refractivity contribution in [2.24, 2.45) is 5.92 Å². The molecule has 2 aromatic rings. The van der Waals surface area contributed by atoms with E-state index in [-0.39, 0.29) is 16.5 Å². The molecule has 1 unspecified atom stereocenters. The highest BCUT2D eigenvalue weighted by Crippen LogP contribution is 2.27. The zero-order valence-corrected chi connectivity index (χ0v) is 16.8. The molecule has 3 rings (SSSR count). The molecule has 0 spiro atoms. The van der Waals surface area contributed by atoms with E-state index in [9.17, 15) is 9.59 Å². The Labute approximate surface area is 168 Å². The van der Waals surface area contributed by atoms with Gasteiger partial charge in [0.25, 0.3) is 5.56 Å². The van der Waals surface area contributed by atoms with Crippen molar-refractivity contribution in [2.75, 3.05) is 24.5 Å². The van der Waals surface area contributed by atoms with Gasteiger partial charge in [0.15, 0.2) is 0 Å². The topological polar surface area (TPSA) is 67.2 Å². The second-order valence-corrected chi connectivity index (χ2v) is 7.67. The van der Waals surface area contributed by atoms with Gasteiger partial charge in [0.05, 0.1) is 17.6 Å². The fourth-order valence-electron chi connectivity index (χ4n) is 3.28. The van der Waals surface area contributed by atoms with Crippen LogP contribution < -0.4 is 15.8 Å². The zero-order valence-electron chi connectivity index (χ0n) is 15.3. The number of halogens is 2. The van der Waals surface area contributed by atoms with Crippen molar-refractivity contribution in [1.82, 2.24) is 15.1 Å². The van der Waals surface area contributed by atoms with Crippen molar-refractivity contribution < 1.29 is 4.79 Å². The Hall–Kier alpha value is -2.05. The molecule has 1 aliphatic rings. The summed E-state index contributed by atoms with van der Waals surface area (Å²) in [6, 6.07) is 5.33. The molecule has 2 heterocycles. The van der Waals surface area contributed by atoms with Crippen LogP contribution in [-0.2, 0) is 4.79 Å². The highest BCUT2D eigenvalue weighted by atomic mass is 35.5. The smallest absolute Gasteiger partial charge is 0.292 e. The van der Waals surface area contributed by atoms with Crippen LogP contribution in [0.3, 0.4) is 0 Å². The molecule has 1 amide bonds. The lowest BCUT2D eigenvalue weighted by molar-refractivity contribution is -0.119. The van der Waals surface area contributed by atoms with E-state index in [0.717, 1.165) is 31.5 Å². The molecule has 1 atom stereocenters. The third-order valence-corrected chi connectivity index (χ3v) is 5.56. The maximum absolute atomic E-state index is 12.8. The van der Waals surface area contributed by atoms with E-state index < -0.39 is 0 Å². The predicted molar refractivity (Wildman–Crippen MR) is 108 cm³/mol. The summed E-state index contributed by atoms with van der Waals surface area (Å²) in [6.45, 7) is 5.56. The quantitative estimate of drug-likeness (QED) is 0.842. The first kappa shape index (κ1) is 19.7. The summed E-state index contributed by atoms with van der Waals surface area (Å²) in [5, 5.41) is 7.87. The summed E-state index contributed by atoms with van der Waals surface area (Å²) in [6.07, 6.45) is 3.62. The van der Waals surface area contributed by atoms with Gasteiger partial charge in [0.1, 0.15) is 5.02 Å². The van der Waals surface area contributed by atoms with E-state index in [2.05, 4.69) is 15.3 Å². The van der Waals surface area contributed by atoms with Gasteiger partial charge in [-0.1, -0.05) is 29.3 Å². The predicted octanol–water partition coefficient (Wildman–Crippen LogP) is 3.20. The summed E-state index contributed by atoms with van der Waals surface area (Å²) < 4.78 is 1.26. The molecule has 0 saturated carbocycles. The van der Waals surface area contributed by atoms with Crippen molar-refractivity contribution in [1.29, 1.82) is 0 Å². The molecular formula is C19H22Cl2N4O2. The number of anilines is 1. The maximum atomic E-state index is 12.8. The fraction of sp³-hybridized carbons (Fsp3) is 0.421. The van der Waals surface area contributed by atoms with Gasteiger partial charge in [0, 0.05) is 31.6 Å². The number of aromatic nitrogens is 2. The van der Waals surface area contributed by atoms with Gasteiger partial charge < -0.3 is 10.2 Å². The largest absolute Gasteiger partial charge is 0.369 e. The van der Waals surface area contributed by atoms with Crippen LogP contribution in [0.15, 0.2) is 29.2 Å². The van der Waals surface area contributed by atoms with Gasteiger partial charge in [-0.05, 0) is 43.4 Å². The van der Waals surface area contributed by atoms with Crippen LogP contribution >= 0.6 is 23.2 Å². The Morgan fingerprint density at radius 1 is 1.37 bits per heavy atom. The van der Waals surface area contributed by atoms with Crippen LogP contribution in [0.2, 0.25) is 10.0 Å². The number of carbonyl (C=O) groups is 1. The van der Waals surface area contributed by atoms with Crippen molar-refractivity contribution in [3.8, 4) is 5.69 Å². The average molecular weight is 409 g/mol. The van der Waals surface area contributed by atoms with Gasteiger partial charge in [-0.3, -0.25) is 9.59 Å². The first-order valence-electron chi connectivity index (χ1n) is 8.90. The summed E-state index contributed by atoms with van der Waals surface area (Å²) in [5.41, 5.74) is 1.75. The van der Waals surface area contributed by atoms with E-state index in [1.54, 1.807) is 18.3 Å². The third kappa shape index (κ3) is 4.45. The number of amides is 1. The molecule has 0 radical (unpaired) electrons. The highest BCUT2D eigenvalue weighted by molar-refractivity contribution is 6.33. The fourth-order valence-corrected chi connectivity index (χ4v) is 3.70. The number of hydrogen-bond acceptors (Lipinski definition) is 4. The lowest BCUT2D eigenvalue weighted by atomic mass is 9.97. The molecule has 27 heavy (non-hydrogen) atoms. The lowest BCUT2D eigenvalue weighted by Gasteiger charge is -2.34. The molecule has 0 bridgehead atoms. The molecule has 8 heteroatoms. The Morgan fingerprint density at radius 2 is 2.15 bits per heavy atom. The van der Waals surface area contributed by atoms with Crippen LogP contribution in [0.1, 0.15) is 25.3 Å². The standard InChI is InChI=1S/C19H22Cl2N4O2/c1-12-5-6-15(8-16(12)20)25-19(27)18(21)17(10-23-25)24-7-3-4-14(11-24)9-22-13(2)26/h5-6,8,10,14H,3-4,7,9,11H2,1-2H3,(H,22,26). The Kier molecular flexibility index (Phi) is 6.07. The van der Waals surface area contributed by atoms with E-state index >= 15 is 0 Å². The molecule has 144 valence electrons. The van der Waals surface area contributed by atoms with Crippen molar-refractivity contribution in [2.45, 2.75) is 26.7 Å². The van der Waals surface area contributed by atoms with Crippen LogP contribution in [0.25, 0.3) is 5.69 Å². The van der Waals surface area contributed by atoms with Crippen LogP contribution in [-0.4, -0.2) is 35.3 Å². The molecule has 1 N–H and O–H groups in total. The van der Waals surface area contributed by atoms with E-state index in [1.807, 2.05) is 13.0 Å². The number of benzene rings is 1. The Balaban J connectivity index is 1.85. The number of hydrogen-bond donors (Lipinski definition) is 1. The maximum Gasteiger partial charge on any atom is 0.292 e. The first-order valence-corrected chi connectivity index (χ1v) is 9.66. The van der Waals surface area contributed by atoms with Gasteiger partial charge in [0.2, 0.25) is 5.91 Å². The number of nitrogens with zero attached hydrogens (tertiary/aromatic N) is 3. The molecule has 1 saturated heterocycles. The van der Waals surface area contributed by atoms with E-state index in [0.29, 0.717) is 28.9 Å². The highest BCUT2D eigenvalue weighted by Gasteiger charge is 2.24. The minimum atomic E-state index is -0.377. The molecule has 1 aromatic heterocycles. The Bertz CT molecular complexity index is 913. The number of rotatable bonds is 4. The van der Waals surface area contributed by atoms with Crippen LogP contribution in [0, 0.1) is 12.8 Å². The van der Waals surface area contributed by atoms with Crippen LogP contribution in [0.5, 0.6) is 0 Å². The van der Waals surface area contributed by atoms with Gasteiger partial charge in [-0.2, -0.15) is 9.78 Å². The van der Waals surface area contributed by atoms with Gasteiger partial charge in [-0.15, -0.1) is 0 Å². The molecule has 1 fully saturated rings. The van der Waals surface area contributed by atoms with E-state index in [1.165, 1.54) is 11.6 Å². The summed E-state index contributed by atoms with van der Waals surface area (Å²) in [4.78, 5) is 26.0. The molecular weight excluding hydrogens is 387 g/mol. The number of aryl methyl sites for hydroxylation is 1. The summed E-state index contributed by atoms with van der Waals surface area (Å²) in [5.74, 6) is 0.281. The van der Waals surface area contributed by atoms with Crippen molar-refractivity contribution in [3.63, 3.8) is 0 Å². The van der Waals surface area contributed by atoms with Crippen molar-refractivity contribution >= 4 is 34.8 Å². The molecule has 6 nitrogen and oxygen atoms in total. The van der Waals surface area contributed by atoms with Crippen molar-refractivity contribution in [3.05, 3.63) is 50.4 Å². The average Bonchev–Trinajstić information content (AvgIpc) is 2.65. The number of nitrogens with one attached hydrogen (secondary N) is 1. The molecule has 0 aliphatic carbocycles. The molecule has 1 aromatic carbocycles. The summed E-state index contributed by atoms with van der Waals surface area (Å²) >= 11 is 12.6. The van der Waals surface area contributed by atoms with Crippen LogP contribution in [0.4, 0.5) is 5.69 Å². The second kappa shape index (κ2) is 8.31. The SMILES string of the molecule is CC(=O)NCC1CCCN(c2cnn(-c3ccc(C)c(Cl)c3)c(=O)c2Cl)C1. The first-order chi connectivity index (χ1) is 12.9. The number of piperidine rings is 1. The second-order valence-electron chi connectivity index (χ2n) is 6.89. The minimum Gasteiger partial charge on any atom is -0.369 e. The van der Waals surface area contributed by atoms with Gasteiger partial charge >= 0.3 is 0 Å². The zero-order chi connectivity index (χ0) is 19.6. The third-order valence-electron chi connectivity index (χ3n) is 4.80.